The van der Waals surface area contributed by atoms with Gasteiger partial charge in [0.1, 0.15) is 12.1 Å². The van der Waals surface area contributed by atoms with Crippen molar-refractivity contribution in [1.82, 2.24) is 19.9 Å². The first-order valence-electron chi connectivity index (χ1n) is 31.0. The van der Waals surface area contributed by atoms with E-state index in [4.69, 9.17) is 51.1 Å². The summed E-state index contributed by atoms with van der Waals surface area (Å²) in [5, 5.41) is 7.99. The van der Waals surface area contributed by atoms with E-state index in [0.717, 1.165) is 53.2 Å². The molecule has 33 heteroatoms. The van der Waals surface area contributed by atoms with Gasteiger partial charge in [0.05, 0.1) is 62.1 Å². The molecule has 6 aromatic carbocycles. The number of nitrogens with one attached hydrogen (secondary N) is 3. The molecule has 2 unspecified atom stereocenters. The van der Waals surface area contributed by atoms with E-state index in [9.17, 15) is 44.4 Å². The van der Waals surface area contributed by atoms with Crippen LogP contribution in [0.25, 0.3) is 0 Å². The molecule has 9 heterocycles. The van der Waals surface area contributed by atoms with E-state index in [1.807, 2.05) is 47.4 Å². The van der Waals surface area contributed by atoms with Crippen LogP contribution in [0.3, 0.4) is 0 Å². The van der Waals surface area contributed by atoms with Gasteiger partial charge in [0.25, 0.3) is 36.0 Å². The lowest BCUT2D eigenvalue weighted by Gasteiger charge is -2.39. The van der Waals surface area contributed by atoms with Crippen LogP contribution in [0, 0.1) is 0 Å². The zero-order chi connectivity index (χ0) is 69.3. The lowest BCUT2D eigenvalue weighted by Crippen LogP contribution is -2.49. The molecule has 4 saturated heterocycles. The number of aromatic nitrogens is 3. The first-order valence-corrected chi connectivity index (χ1v) is 39.6. The largest absolute Gasteiger partial charge is 0.378 e. The maximum atomic E-state index is 13.5. The van der Waals surface area contributed by atoms with E-state index in [0.29, 0.717) is 99.7 Å². The zero-order valence-corrected chi connectivity index (χ0v) is 60.0. The highest BCUT2D eigenvalue weighted by Crippen LogP contribution is 2.41. The molecule has 15 rings (SSSR count). The molecule has 0 saturated carbocycles. The summed E-state index contributed by atoms with van der Waals surface area (Å²) < 4.78 is 88.4. The van der Waals surface area contributed by atoms with Crippen LogP contribution < -0.4 is 38.7 Å². The minimum Gasteiger partial charge on any atom is -0.378 e. The Balaban J connectivity index is 0.000000151. The van der Waals surface area contributed by atoms with Gasteiger partial charge in [0.15, 0.2) is 15.4 Å². The quantitative estimate of drug-likeness (QED) is 0.0758. The molecule has 3 aromatic heterocycles. The number of aryl methyl sites for hydroxylation is 1. The van der Waals surface area contributed by atoms with Crippen molar-refractivity contribution in [2.75, 3.05) is 84.6 Å². The number of hydrogen-bond donors (Lipinski definition) is 3. The number of sulfonamides is 3. The highest BCUT2D eigenvalue weighted by Gasteiger charge is 2.45. The normalized spacial score (nSPS) is 19.5. The van der Waals surface area contributed by atoms with Crippen molar-refractivity contribution >= 4 is 178 Å². The van der Waals surface area contributed by atoms with Crippen LogP contribution in [0.1, 0.15) is 51.3 Å². The van der Waals surface area contributed by atoms with Crippen LogP contribution >= 0.6 is 80.4 Å². The van der Waals surface area contributed by atoms with E-state index in [1.54, 1.807) is 56.3 Å². The summed E-state index contributed by atoms with van der Waals surface area (Å²) >= 11 is 28.4. The molecule has 0 bridgehead atoms. The maximum Gasteiger partial charge on any atom is 0.263 e. The summed E-state index contributed by atoms with van der Waals surface area (Å²) in [6.45, 7) is 4.13. The van der Waals surface area contributed by atoms with Gasteiger partial charge in [0, 0.05) is 103 Å². The molecule has 518 valence electrons. The van der Waals surface area contributed by atoms with Crippen molar-refractivity contribution < 1.29 is 52.0 Å². The monoisotopic (exact) mass is 1530 g/mol. The summed E-state index contributed by atoms with van der Waals surface area (Å²) in [4.78, 5) is 75.6. The smallest absolute Gasteiger partial charge is 0.263 e. The minimum absolute atomic E-state index is 0. The Morgan fingerprint density at radius 1 is 0.485 bits per heavy atom. The fraction of sp³-hybridized carbons (Fsp3) is 0.258. The molecule has 9 aromatic rings. The predicted octanol–water partition coefficient (Wildman–Crippen LogP) is 12.4. The summed E-state index contributed by atoms with van der Waals surface area (Å²) in [5.41, 5.74) is 6.82. The molecular formula is C66H64Cl4N12O11S6. The summed E-state index contributed by atoms with van der Waals surface area (Å²) in [5.74, 6) is -0.621. The van der Waals surface area contributed by atoms with E-state index in [-0.39, 0.29) is 70.8 Å². The van der Waals surface area contributed by atoms with Gasteiger partial charge < -0.3 is 24.3 Å². The highest BCUT2D eigenvalue weighted by molar-refractivity contribution is 7.93. The number of fused-ring (bicyclic) bond motifs is 2. The molecule has 4 atom stereocenters. The van der Waals surface area contributed by atoms with Crippen LogP contribution in [-0.2, 0) is 66.8 Å². The number of carbonyl (C=O) groups excluding carboxylic acids is 4. The Morgan fingerprint density at radius 3 is 1.52 bits per heavy atom. The van der Waals surface area contributed by atoms with Crippen LogP contribution in [0.4, 0.5) is 43.8 Å². The number of amides is 4. The number of morpholine rings is 1. The van der Waals surface area contributed by atoms with Crippen LogP contribution in [0.15, 0.2) is 177 Å². The second-order valence-electron chi connectivity index (χ2n) is 23.5. The van der Waals surface area contributed by atoms with Gasteiger partial charge in [-0.25, -0.2) is 45.1 Å². The standard InChI is InChI=1S/C23H22Cl2N4O4S2.C22H20N4O4S2.C21H18Cl2N4O3S2.2H2/c24-16-11-15(12-17(25)13-16)21-14-33-9-8-29(21)20-5-7-28(22(20)30)18-1-3-19(4-2-18)35(31,32)27-23-26-6-10-34-23;27-20-14-19(25-12-3-5-15-4-1-2-6-18(15)25)21(28)26(20)16-7-9-17(10-8-16)32(29,30)24-22-23-11-13-31-22;22-16-11-13-5-8-27(19(13)12-17(16)23)18-6-9-26(20(18)28)14-1-3-15(4-2-14)32(29,30)25-21-24-7-10-31-21;;/h1-4,6,10-13,20-21H,5,7-9,14H2,(H,26,27);1-2,4,6-11,13,19H,3,5,12,14H2,(H,23,24);1-4,7,10-12,18H,5-6,8-9H2,(H,24,25);2*1H/t20-,21?;;18-;;/m0.0../s1. The maximum absolute atomic E-state index is 13.5. The second-order valence-corrected chi connectivity index (χ2v) is 32.9. The molecule has 3 N–H and O–H groups in total. The third-order valence-electron chi connectivity index (χ3n) is 17.6. The number of para-hydroxylation sites is 1. The van der Waals surface area contributed by atoms with Gasteiger partial charge in [-0.1, -0.05) is 64.6 Å². The molecule has 23 nitrogen and oxygen atoms in total. The van der Waals surface area contributed by atoms with Crippen LogP contribution in [-0.4, -0.2) is 133 Å². The number of ether oxygens (including phenoxy) is 1. The van der Waals surface area contributed by atoms with Gasteiger partial charge in [-0.2, -0.15) is 0 Å². The number of nitrogens with zero attached hydrogens (tertiary/aromatic N) is 9. The molecule has 6 aliphatic heterocycles. The van der Waals surface area contributed by atoms with E-state index < -0.39 is 36.1 Å². The molecule has 0 radical (unpaired) electrons. The van der Waals surface area contributed by atoms with Crippen molar-refractivity contribution in [3.63, 3.8) is 0 Å². The van der Waals surface area contributed by atoms with Gasteiger partial charge >= 0.3 is 0 Å². The Bertz CT molecular complexity index is 4830. The number of rotatable bonds is 16. The Labute approximate surface area is 606 Å². The Hall–Kier alpha value is -7.78. The van der Waals surface area contributed by atoms with Crippen molar-refractivity contribution in [1.29, 1.82) is 0 Å². The van der Waals surface area contributed by atoms with Crippen molar-refractivity contribution in [3.8, 4) is 0 Å². The molecule has 4 fully saturated rings. The summed E-state index contributed by atoms with van der Waals surface area (Å²) in [6, 6.07) is 34.1. The third-order valence-corrected chi connectivity index (χ3v) is 25.2. The number of thiazole rings is 3. The fourth-order valence-electron chi connectivity index (χ4n) is 13.0. The Kier molecular flexibility index (Phi) is 20.7. The minimum atomic E-state index is -3.81. The van der Waals surface area contributed by atoms with Gasteiger partial charge in [-0.05, 0) is 158 Å². The van der Waals surface area contributed by atoms with Crippen molar-refractivity contribution in [3.05, 3.63) is 199 Å². The van der Waals surface area contributed by atoms with Crippen LogP contribution in [0.2, 0.25) is 20.1 Å². The van der Waals surface area contributed by atoms with E-state index in [2.05, 4.69) is 45.0 Å². The summed E-state index contributed by atoms with van der Waals surface area (Å²) in [7, 11) is -11.3. The lowest BCUT2D eigenvalue weighted by atomic mass is 9.99. The summed E-state index contributed by atoms with van der Waals surface area (Å²) in [6.07, 6.45) is 8.67. The lowest BCUT2D eigenvalue weighted by molar-refractivity contribution is -0.125. The first-order chi connectivity index (χ1) is 47.6. The molecule has 99 heavy (non-hydrogen) atoms. The van der Waals surface area contributed by atoms with Crippen molar-refractivity contribution in [2.45, 2.75) is 77.4 Å². The molecule has 0 spiro atoms. The van der Waals surface area contributed by atoms with Gasteiger partial charge in [-0.3, -0.25) is 38.2 Å². The SMILES string of the molecule is O=C1CC(N2CCCc3ccccc32)C(=O)N1c1ccc(S(=O)(=O)Nc2nccs2)cc1.O=C1[C@@H](N2CCOCC2c2cc(Cl)cc(Cl)c2)CCN1c1ccc(S(=O)(=O)Nc2nccs2)cc1.O=C1[C@@H](N2CCc3cc(Cl)c(Cl)cc32)CCN1c1ccc(S(=O)(=O)Nc2nccs2)cc1.[HH].[HH]. The number of halogens is 4. The number of imide groups is 1. The van der Waals surface area contributed by atoms with E-state index in [1.165, 1.54) is 107 Å². The molecular weight excluding hydrogens is 1470 g/mol. The zero-order valence-electron chi connectivity index (χ0n) is 52.1. The highest BCUT2D eigenvalue weighted by atomic mass is 35.5. The Morgan fingerprint density at radius 2 is 0.980 bits per heavy atom. The molecule has 0 aliphatic carbocycles. The number of benzene rings is 6. The van der Waals surface area contributed by atoms with Crippen molar-refractivity contribution in [2.24, 2.45) is 0 Å². The first kappa shape index (κ1) is 69.7. The average Bonchev–Trinajstić information content (AvgIpc) is 1.64. The number of hydrogen-bond acceptors (Lipinski definition) is 20. The number of anilines is 8. The predicted molar refractivity (Wildman–Crippen MR) is 391 cm³/mol. The third kappa shape index (κ3) is 15.2. The molecule has 4 amide bonds. The van der Waals surface area contributed by atoms with Gasteiger partial charge in [0.2, 0.25) is 17.7 Å². The topological polar surface area (TPSA) is 274 Å². The van der Waals surface area contributed by atoms with Gasteiger partial charge in [-0.15, -0.1) is 34.0 Å². The average molecular weight is 1540 g/mol. The van der Waals surface area contributed by atoms with E-state index >= 15 is 0 Å². The molecule has 6 aliphatic rings. The second kappa shape index (κ2) is 29.4. The fourth-order valence-corrected chi connectivity index (χ4v) is 19.2. The number of carbonyl (C=O) groups is 4. The van der Waals surface area contributed by atoms with Crippen LogP contribution in [0.5, 0.6) is 0 Å².